The average Bonchev–Trinajstić information content (AvgIpc) is 2.88. The number of anilines is 1. The van der Waals surface area contributed by atoms with Gasteiger partial charge in [-0.1, -0.05) is 6.07 Å². The standard InChI is InChI=1S/C15H21N5/c1-18-5-7-19(8-6-18)12-9-20(10-12)14-4-2-3-13-15(14)17-11-16-13/h2-4,11-12H,5-10H2,1H3,(H,16,17). The number of benzene rings is 1. The van der Waals surface area contributed by atoms with E-state index in [0.717, 1.165) is 30.2 Å². The summed E-state index contributed by atoms with van der Waals surface area (Å²) >= 11 is 0. The first-order valence-corrected chi connectivity index (χ1v) is 7.41. The monoisotopic (exact) mass is 271 g/mol. The minimum Gasteiger partial charge on any atom is -0.366 e. The zero-order valence-electron chi connectivity index (χ0n) is 11.9. The van der Waals surface area contributed by atoms with Crippen molar-refractivity contribution >= 4 is 16.7 Å². The predicted octanol–water partition coefficient (Wildman–Crippen LogP) is 0.999. The summed E-state index contributed by atoms with van der Waals surface area (Å²) in [6.07, 6.45) is 1.78. The normalized spacial score (nSPS) is 22.4. The van der Waals surface area contributed by atoms with Crippen molar-refractivity contribution in [1.82, 2.24) is 19.8 Å². The van der Waals surface area contributed by atoms with Crippen LogP contribution in [0.5, 0.6) is 0 Å². The van der Waals surface area contributed by atoms with Gasteiger partial charge in [0.25, 0.3) is 0 Å². The van der Waals surface area contributed by atoms with Crippen LogP contribution in [0.2, 0.25) is 0 Å². The third-order valence-corrected chi connectivity index (χ3v) is 4.69. The Balaban J connectivity index is 1.45. The van der Waals surface area contributed by atoms with Crippen molar-refractivity contribution in [1.29, 1.82) is 0 Å². The van der Waals surface area contributed by atoms with Crippen molar-refractivity contribution < 1.29 is 0 Å². The number of rotatable bonds is 2. The fraction of sp³-hybridized carbons (Fsp3) is 0.533. The maximum atomic E-state index is 4.45. The van der Waals surface area contributed by atoms with E-state index in [0.29, 0.717) is 0 Å². The summed E-state index contributed by atoms with van der Waals surface area (Å²) in [6, 6.07) is 7.10. The molecule has 20 heavy (non-hydrogen) atoms. The molecule has 2 aliphatic rings. The maximum Gasteiger partial charge on any atom is 0.112 e. The lowest BCUT2D eigenvalue weighted by atomic mass is 10.0. The molecule has 2 aliphatic heterocycles. The van der Waals surface area contributed by atoms with Crippen LogP contribution in [0.3, 0.4) is 0 Å². The van der Waals surface area contributed by atoms with E-state index in [-0.39, 0.29) is 0 Å². The molecule has 0 saturated carbocycles. The molecule has 0 atom stereocenters. The van der Waals surface area contributed by atoms with Gasteiger partial charge in [0.1, 0.15) is 5.52 Å². The van der Waals surface area contributed by atoms with Crippen molar-refractivity contribution in [2.75, 3.05) is 51.2 Å². The lowest BCUT2D eigenvalue weighted by Gasteiger charge is -2.48. The highest BCUT2D eigenvalue weighted by Crippen LogP contribution is 2.29. The zero-order chi connectivity index (χ0) is 13.5. The largest absolute Gasteiger partial charge is 0.366 e. The molecule has 0 bridgehead atoms. The van der Waals surface area contributed by atoms with Crippen LogP contribution in [0.25, 0.3) is 11.0 Å². The van der Waals surface area contributed by atoms with Gasteiger partial charge >= 0.3 is 0 Å². The van der Waals surface area contributed by atoms with Crippen molar-refractivity contribution in [3.8, 4) is 0 Å². The van der Waals surface area contributed by atoms with Gasteiger partial charge < -0.3 is 14.8 Å². The van der Waals surface area contributed by atoms with Crippen LogP contribution >= 0.6 is 0 Å². The Morgan fingerprint density at radius 1 is 1.15 bits per heavy atom. The summed E-state index contributed by atoms with van der Waals surface area (Å²) in [6.45, 7) is 7.09. The molecule has 5 heteroatoms. The number of nitrogens with zero attached hydrogens (tertiary/aromatic N) is 4. The number of H-pyrrole nitrogens is 1. The number of hydrogen-bond acceptors (Lipinski definition) is 4. The molecule has 0 spiro atoms. The van der Waals surface area contributed by atoms with Crippen molar-refractivity contribution in [2.24, 2.45) is 0 Å². The highest BCUT2D eigenvalue weighted by Gasteiger charge is 2.33. The average molecular weight is 271 g/mol. The first-order valence-electron chi connectivity index (χ1n) is 7.41. The number of aromatic amines is 1. The highest BCUT2D eigenvalue weighted by atomic mass is 15.3. The minimum absolute atomic E-state index is 0.720. The molecular formula is C15H21N5. The fourth-order valence-electron chi connectivity index (χ4n) is 3.28. The number of imidazole rings is 1. The van der Waals surface area contributed by atoms with E-state index in [2.05, 4.69) is 49.9 Å². The van der Waals surface area contributed by atoms with Crippen molar-refractivity contribution in [3.63, 3.8) is 0 Å². The van der Waals surface area contributed by atoms with E-state index < -0.39 is 0 Å². The van der Waals surface area contributed by atoms with Crippen LogP contribution in [-0.2, 0) is 0 Å². The van der Waals surface area contributed by atoms with E-state index in [1.807, 2.05) is 0 Å². The van der Waals surface area contributed by atoms with Gasteiger partial charge in [0.05, 0.1) is 17.5 Å². The van der Waals surface area contributed by atoms with Gasteiger partial charge in [0, 0.05) is 45.3 Å². The summed E-state index contributed by atoms with van der Waals surface area (Å²) in [5, 5.41) is 0. The van der Waals surface area contributed by atoms with Gasteiger partial charge in [-0.3, -0.25) is 4.90 Å². The molecule has 1 N–H and O–H groups in total. The van der Waals surface area contributed by atoms with E-state index in [1.165, 1.54) is 31.9 Å². The van der Waals surface area contributed by atoms with Crippen LogP contribution < -0.4 is 4.90 Å². The van der Waals surface area contributed by atoms with Crippen molar-refractivity contribution in [3.05, 3.63) is 24.5 Å². The molecule has 0 amide bonds. The predicted molar refractivity (Wildman–Crippen MR) is 81.2 cm³/mol. The lowest BCUT2D eigenvalue weighted by molar-refractivity contribution is 0.0964. The number of para-hydroxylation sites is 1. The smallest absolute Gasteiger partial charge is 0.112 e. The van der Waals surface area contributed by atoms with E-state index >= 15 is 0 Å². The summed E-state index contributed by atoms with van der Waals surface area (Å²) in [5.74, 6) is 0. The third kappa shape index (κ3) is 1.98. The number of aromatic nitrogens is 2. The van der Waals surface area contributed by atoms with E-state index in [4.69, 9.17) is 0 Å². The number of likely N-dealkylation sites (N-methyl/N-ethyl adjacent to an activating group) is 1. The summed E-state index contributed by atoms with van der Waals surface area (Å²) < 4.78 is 0. The van der Waals surface area contributed by atoms with Gasteiger partial charge in [-0.25, -0.2) is 4.98 Å². The molecule has 0 radical (unpaired) electrons. The molecule has 106 valence electrons. The van der Waals surface area contributed by atoms with Crippen LogP contribution in [0.1, 0.15) is 0 Å². The summed E-state index contributed by atoms with van der Waals surface area (Å²) in [5.41, 5.74) is 3.50. The Morgan fingerprint density at radius 3 is 2.75 bits per heavy atom. The molecular weight excluding hydrogens is 250 g/mol. The Labute approximate surface area is 119 Å². The Hall–Kier alpha value is -1.59. The number of piperazine rings is 1. The van der Waals surface area contributed by atoms with Crippen LogP contribution in [0.15, 0.2) is 24.5 Å². The topological polar surface area (TPSA) is 38.4 Å². The van der Waals surface area contributed by atoms with Gasteiger partial charge in [0.15, 0.2) is 0 Å². The SMILES string of the molecule is CN1CCN(C2CN(c3cccc4[nH]cnc34)C2)CC1. The molecule has 2 fully saturated rings. The number of fused-ring (bicyclic) bond motifs is 1. The summed E-state index contributed by atoms with van der Waals surface area (Å²) in [4.78, 5) is 15.1. The highest BCUT2D eigenvalue weighted by molar-refractivity contribution is 5.88. The van der Waals surface area contributed by atoms with Crippen LogP contribution in [-0.4, -0.2) is 72.1 Å². The van der Waals surface area contributed by atoms with Crippen LogP contribution in [0.4, 0.5) is 5.69 Å². The Bertz CT molecular complexity index is 593. The minimum atomic E-state index is 0.720. The second-order valence-electron chi connectivity index (χ2n) is 5.97. The molecule has 2 aromatic rings. The molecule has 4 rings (SSSR count). The molecule has 0 aliphatic carbocycles. The summed E-state index contributed by atoms with van der Waals surface area (Å²) in [7, 11) is 2.21. The van der Waals surface area contributed by atoms with Crippen molar-refractivity contribution in [2.45, 2.75) is 6.04 Å². The molecule has 2 saturated heterocycles. The van der Waals surface area contributed by atoms with Gasteiger partial charge in [-0.05, 0) is 19.2 Å². The second-order valence-corrected chi connectivity index (χ2v) is 5.97. The quantitative estimate of drug-likeness (QED) is 0.884. The van der Waals surface area contributed by atoms with Gasteiger partial charge in [-0.15, -0.1) is 0 Å². The molecule has 1 aromatic heterocycles. The Kier molecular flexibility index (Phi) is 2.89. The van der Waals surface area contributed by atoms with Crippen LogP contribution in [0, 0.1) is 0 Å². The lowest BCUT2D eigenvalue weighted by Crippen LogP contribution is -2.63. The van der Waals surface area contributed by atoms with Gasteiger partial charge in [0.2, 0.25) is 0 Å². The molecule has 0 unspecified atom stereocenters. The van der Waals surface area contributed by atoms with E-state index in [9.17, 15) is 0 Å². The first-order chi connectivity index (χ1) is 9.81. The fourth-order valence-corrected chi connectivity index (χ4v) is 3.28. The van der Waals surface area contributed by atoms with E-state index in [1.54, 1.807) is 6.33 Å². The zero-order valence-corrected chi connectivity index (χ0v) is 11.9. The molecule has 3 heterocycles. The molecule has 1 aromatic carbocycles. The van der Waals surface area contributed by atoms with Gasteiger partial charge in [-0.2, -0.15) is 0 Å². The Morgan fingerprint density at radius 2 is 1.95 bits per heavy atom. The molecule has 5 nitrogen and oxygen atoms in total. The first kappa shape index (κ1) is 12.2. The maximum absolute atomic E-state index is 4.45. The number of nitrogens with one attached hydrogen (secondary N) is 1. The number of hydrogen-bond donors (Lipinski definition) is 1. The third-order valence-electron chi connectivity index (χ3n) is 4.69. The second kappa shape index (κ2) is 4.75.